The van der Waals surface area contributed by atoms with Gasteiger partial charge in [0.25, 0.3) is 0 Å². The molecule has 2 aliphatic rings. The van der Waals surface area contributed by atoms with Crippen LogP contribution in [0.15, 0.2) is 42.7 Å². The van der Waals surface area contributed by atoms with Crippen molar-refractivity contribution in [2.75, 3.05) is 26.2 Å². The van der Waals surface area contributed by atoms with Gasteiger partial charge in [0.05, 0.1) is 30.9 Å². The number of hydrogen-bond donors (Lipinski definition) is 1. The molecule has 0 radical (unpaired) electrons. The first-order valence-corrected chi connectivity index (χ1v) is 9.29. The second-order valence-corrected chi connectivity index (χ2v) is 7.38. The van der Waals surface area contributed by atoms with Crippen molar-refractivity contribution in [3.05, 3.63) is 53.9 Å². The van der Waals surface area contributed by atoms with Crippen LogP contribution in [-0.4, -0.2) is 52.9 Å². The number of benzene rings is 1. The molecule has 1 aromatic heterocycles. The zero-order chi connectivity index (χ0) is 18.1. The lowest BCUT2D eigenvalue weighted by atomic mass is 9.88. The van der Waals surface area contributed by atoms with E-state index in [4.69, 9.17) is 4.74 Å². The molecule has 0 saturated carbocycles. The summed E-state index contributed by atoms with van der Waals surface area (Å²) in [4.78, 5) is 15.6. The van der Waals surface area contributed by atoms with Gasteiger partial charge in [0, 0.05) is 38.8 Å². The van der Waals surface area contributed by atoms with Gasteiger partial charge in [-0.05, 0) is 18.1 Å². The van der Waals surface area contributed by atoms with Crippen LogP contribution in [0.5, 0.6) is 0 Å². The van der Waals surface area contributed by atoms with Crippen molar-refractivity contribution < 1.29 is 9.53 Å². The van der Waals surface area contributed by atoms with Gasteiger partial charge < -0.3 is 15.0 Å². The molecular weight excluding hydrogens is 364 g/mol. The van der Waals surface area contributed by atoms with Crippen LogP contribution < -0.4 is 5.32 Å². The van der Waals surface area contributed by atoms with Gasteiger partial charge in [-0.3, -0.25) is 9.48 Å². The monoisotopic (exact) mass is 390 g/mol. The number of aromatic nitrogens is 2. The number of halogens is 1. The summed E-state index contributed by atoms with van der Waals surface area (Å²) in [5.41, 5.74) is 2.27. The maximum absolute atomic E-state index is 13.5. The van der Waals surface area contributed by atoms with Crippen molar-refractivity contribution in [1.82, 2.24) is 20.0 Å². The molecule has 4 atom stereocenters. The Morgan fingerprint density at radius 3 is 2.70 bits per heavy atom. The summed E-state index contributed by atoms with van der Waals surface area (Å²) in [5, 5.41) is 7.69. The highest BCUT2D eigenvalue weighted by atomic mass is 35.5. The molecule has 1 amide bonds. The molecule has 7 heteroatoms. The van der Waals surface area contributed by atoms with E-state index in [1.54, 1.807) is 4.68 Å². The summed E-state index contributed by atoms with van der Waals surface area (Å²) in [6, 6.07) is 10.2. The normalized spacial score (nSPS) is 28.0. The zero-order valence-electron chi connectivity index (χ0n) is 15.7. The average molecular weight is 391 g/mol. The number of carbonyl (C=O) groups is 1. The number of amides is 1. The van der Waals surface area contributed by atoms with Crippen LogP contribution in [-0.2, 0) is 16.6 Å². The van der Waals surface area contributed by atoms with E-state index in [9.17, 15) is 4.79 Å². The molecule has 1 N–H and O–H groups in total. The zero-order valence-corrected chi connectivity index (χ0v) is 16.6. The highest BCUT2D eigenvalue weighted by molar-refractivity contribution is 5.85. The number of nitrogens with one attached hydrogen (secondary N) is 1. The van der Waals surface area contributed by atoms with Gasteiger partial charge in [0.1, 0.15) is 0 Å². The third kappa shape index (κ3) is 4.03. The van der Waals surface area contributed by atoms with Gasteiger partial charge in [-0.25, -0.2) is 0 Å². The molecule has 0 aliphatic carbocycles. The fourth-order valence-corrected chi connectivity index (χ4v) is 4.13. The number of morpholine rings is 1. The highest BCUT2D eigenvalue weighted by Gasteiger charge is 2.41. The fourth-order valence-electron chi connectivity index (χ4n) is 4.13. The molecule has 0 spiro atoms. The Hall–Kier alpha value is -1.89. The molecule has 27 heavy (non-hydrogen) atoms. The van der Waals surface area contributed by atoms with Crippen molar-refractivity contribution in [2.45, 2.75) is 25.0 Å². The molecule has 2 fully saturated rings. The van der Waals surface area contributed by atoms with E-state index in [0.29, 0.717) is 19.7 Å². The van der Waals surface area contributed by atoms with E-state index < -0.39 is 0 Å². The van der Waals surface area contributed by atoms with E-state index in [0.717, 1.165) is 17.7 Å². The molecule has 0 bridgehead atoms. The van der Waals surface area contributed by atoms with Crippen molar-refractivity contribution in [3.63, 3.8) is 0 Å². The third-order valence-electron chi connectivity index (χ3n) is 5.52. The Labute approximate surface area is 166 Å². The summed E-state index contributed by atoms with van der Waals surface area (Å²) in [5.74, 6) is 0.328. The first-order chi connectivity index (χ1) is 12.6. The molecule has 2 aromatic rings. The summed E-state index contributed by atoms with van der Waals surface area (Å²) in [6.07, 6.45) is 3.97. The topological polar surface area (TPSA) is 59.4 Å². The van der Waals surface area contributed by atoms with Gasteiger partial charge in [0.15, 0.2) is 0 Å². The van der Waals surface area contributed by atoms with Crippen LogP contribution >= 0.6 is 12.4 Å². The van der Waals surface area contributed by atoms with Crippen LogP contribution in [0.4, 0.5) is 0 Å². The molecule has 146 valence electrons. The lowest BCUT2D eigenvalue weighted by Crippen LogP contribution is -2.49. The number of aryl methyl sites for hydroxylation is 1. The standard InChI is InChI=1S/C20H26N4O2.ClH/c1-14-11-24(19(13-26-14)15-6-4-3-5-7-15)20(25)18-10-21-9-17(18)16-8-22-23(2)12-16;/h3-8,12,14,17-19,21H,9-11,13H2,1-2H3;1H/t14?,17-,18+,19?;/m1./s1. The predicted octanol–water partition coefficient (Wildman–Crippen LogP) is 2.13. The van der Waals surface area contributed by atoms with E-state index in [1.165, 1.54) is 0 Å². The average Bonchev–Trinajstić information content (AvgIpc) is 3.30. The Balaban J connectivity index is 0.00000210. The molecule has 6 nitrogen and oxygen atoms in total. The second-order valence-electron chi connectivity index (χ2n) is 7.38. The van der Waals surface area contributed by atoms with Gasteiger partial charge in [0.2, 0.25) is 5.91 Å². The lowest BCUT2D eigenvalue weighted by molar-refractivity contribution is -0.148. The van der Waals surface area contributed by atoms with Crippen LogP contribution in [0.1, 0.15) is 30.0 Å². The molecular formula is C20H27ClN4O2. The maximum Gasteiger partial charge on any atom is 0.228 e. The smallest absolute Gasteiger partial charge is 0.228 e. The summed E-state index contributed by atoms with van der Waals surface area (Å²) in [7, 11) is 1.91. The van der Waals surface area contributed by atoms with Crippen LogP contribution in [0.25, 0.3) is 0 Å². The van der Waals surface area contributed by atoms with Crippen LogP contribution in [0.3, 0.4) is 0 Å². The summed E-state index contributed by atoms with van der Waals surface area (Å²) < 4.78 is 7.68. The minimum absolute atomic E-state index is 0. The number of rotatable bonds is 3. The van der Waals surface area contributed by atoms with Crippen molar-refractivity contribution in [2.24, 2.45) is 13.0 Å². The fraction of sp³-hybridized carbons (Fsp3) is 0.500. The summed E-state index contributed by atoms with van der Waals surface area (Å²) >= 11 is 0. The number of nitrogens with zero attached hydrogens (tertiary/aromatic N) is 3. The summed E-state index contributed by atoms with van der Waals surface area (Å²) in [6.45, 7) is 4.75. The molecule has 3 heterocycles. The third-order valence-corrected chi connectivity index (χ3v) is 5.52. The van der Waals surface area contributed by atoms with Crippen LogP contribution in [0, 0.1) is 5.92 Å². The van der Waals surface area contributed by atoms with E-state index in [1.807, 2.05) is 49.5 Å². The van der Waals surface area contributed by atoms with Gasteiger partial charge in [-0.2, -0.15) is 5.10 Å². The molecule has 4 rings (SSSR count). The minimum Gasteiger partial charge on any atom is -0.374 e. The molecule has 2 aliphatic heterocycles. The van der Waals surface area contributed by atoms with Gasteiger partial charge in [-0.1, -0.05) is 30.3 Å². The first kappa shape index (κ1) is 19.9. The van der Waals surface area contributed by atoms with Crippen molar-refractivity contribution >= 4 is 18.3 Å². The SMILES string of the molecule is CC1CN(C(=O)[C@H]2CNC[C@@H]2c2cnn(C)c2)C(c2ccccc2)CO1.Cl. The minimum atomic E-state index is -0.0595. The Kier molecular flexibility index (Phi) is 6.19. The van der Waals surface area contributed by atoms with Gasteiger partial charge in [-0.15, -0.1) is 12.4 Å². The largest absolute Gasteiger partial charge is 0.374 e. The van der Waals surface area contributed by atoms with Crippen molar-refractivity contribution in [1.29, 1.82) is 0 Å². The molecule has 1 aromatic carbocycles. The van der Waals surface area contributed by atoms with Gasteiger partial charge >= 0.3 is 0 Å². The first-order valence-electron chi connectivity index (χ1n) is 9.29. The Morgan fingerprint density at radius 2 is 2.00 bits per heavy atom. The number of carbonyl (C=O) groups excluding carboxylic acids is 1. The van der Waals surface area contributed by atoms with E-state index in [-0.39, 0.29) is 42.3 Å². The van der Waals surface area contributed by atoms with Crippen LogP contribution in [0.2, 0.25) is 0 Å². The molecule has 2 saturated heterocycles. The number of ether oxygens (including phenoxy) is 1. The number of hydrogen-bond acceptors (Lipinski definition) is 4. The lowest BCUT2D eigenvalue weighted by Gasteiger charge is -2.40. The second kappa shape index (κ2) is 8.42. The van der Waals surface area contributed by atoms with E-state index in [2.05, 4.69) is 22.5 Å². The maximum atomic E-state index is 13.5. The molecule has 2 unspecified atom stereocenters. The van der Waals surface area contributed by atoms with E-state index >= 15 is 0 Å². The highest BCUT2D eigenvalue weighted by Crippen LogP contribution is 2.34. The quantitative estimate of drug-likeness (QED) is 0.872. The Bertz CT molecular complexity index is 766. The predicted molar refractivity (Wildman–Crippen MR) is 106 cm³/mol. The van der Waals surface area contributed by atoms with Crippen molar-refractivity contribution in [3.8, 4) is 0 Å². The Morgan fingerprint density at radius 1 is 1.22 bits per heavy atom.